The lowest BCUT2D eigenvalue weighted by atomic mass is 9.97. The summed E-state index contributed by atoms with van der Waals surface area (Å²) >= 11 is 0. The van der Waals surface area contributed by atoms with Crippen LogP contribution in [0, 0.1) is 5.92 Å². The molecule has 96 valence electrons. The van der Waals surface area contributed by atoms with Gasteiger partial charge in [0.1, 0.15) is 0 Å². The van der Waals surface area contributed by atoms with Crippen LogP contribution in [-0.4, -0.2) is 12.5 Å². The van der Waals surface area contributed by atoms with Crippen molar-refractivity contribution in [1.29, 1.82) is 0 Å². The normalized spacial score (nSPS) is 10.8. The van der Waals surface area contributed by atoms with Crippen LogP contribution in [0.3, 0.4) is 0 Å². The van der Waals surface area contributed by atoms with Gasteiger partial charge in [0.05, 0.1) is 0 Å². The molecule has 0 radical (unpaired) electrons. The van der Waals surface area contributed by atoms with Crippen molar-refractivity contribution >= 4 is 5.91 Å². The largest absolute Gasteiger partial charge is 0.356 e. The van der Waals surface area contributed by atoms with Crippen molar-refractivity contribution in [3.63, 3.8) is 0 Å². The molecule has 0 unspecified atom stereocenters. The van der Waals surface area contributed by atoms with Crippen molar-refractivity contribution < 1.29 is 4.79 Å². The van der Waals surface area contributed by atoms with Gasteiger partial charge in [0, 0.05) is 13.0 Å². The van der Waals surface area contributed by atoms with Crippen LogP contribution in [0.15, 0.2) is 0 Å². The van der Waals surface area contributed by atoms with E-state index in [-0.39, 0.29) is 5.91 Å². The standard InChI is InChI=1S/C14H29NO/c1-4-7-8-9-12-15-14(16)11-10-13(5-2)6-3/h13H,4-12H2,1-3H3,(H,15,16). The molecule has 0 aromatic heterocycles. The lowest BCUT2D eigenvalue weighted by Crippen LogP contribution is -2.24. The molecule has 0 aromatic rings. The summed E-state index contributed by atoms with van der Waals surface area (Å²) in [4.78, 5) is 11.5. The van der Waals surface area contributed by atoms with E-state index < -0.39 is 0 Å². The topological polar surface area (TPSA) is 29.1 Å². The molecular weight excluding hydrogens is 198 g/mol. The first-order valence-corrected chi connectivity index (χ1v) is 7.01. The van der Waals surface area contributed by atoms with E-state index in [1.54, 1.807) is 0 Å². The quantitative estimate of drug-likeness (QED) is 0.563. The number of amides is 1. The third-order valence-corrected chi connectivity index (χ3v) is 3.29. The summed E-state index contributed by atoms with van der Waals surface area (Å²) in [5.41, 5.74) is 0. The van der Waals surface area contributed by atoms with Gasteiger partial charge in [-0.1, -0.05) is 52.9 Å². The molecule has 2 nitrogen and oxygen atoms in total. The van der Waals surface area contributed by atoms with Crippen LogP contribution >= 0.6 is 0 Å². The Kier molecular flexibility index (Phi) is 10.6. The minimum absolute atomic E-state index is 0.239. The van der Waals surface area contributed by atoms with Gasteiger partial charge < -0.3 is 5.32 Å². The van der Waals surface area contributed by atoms with Crippen LogP contribution in [0.1, 0.15) is 72.1 Å². The Bertz CT molecular complexity index is 164. The predicted molar refractivity (Wildman–Crippen MR) is 70.5 cm³/mol. The number of carbonyl (C=O) groups excluding carboxylic acids is 1. The molecule has 0 aliphatic heterocycles. The van der Waals surface area contributed by atoms with Crippen molar-refractivity contribution in [2.45, 2.75) is 72.1 Å². The molecule has 16 heavy (non-hydrogen) atoms. The molecule has 0 aromatic carbocycles. The lowest BCUT2D eigenvalue weighted by molar-refractivity contribution is -0.121. The minimum atomic E-state index is 0.239. The van der Waals surface area contributed by atoms with Crippen molar-refractivity contribution in [1.82, 2.24) is 5.32 Å². The third kappa shape index (κ3) is 8.75. The van der Waals surface area contributed by atoms with Gasteiger partial charge in [-0.25, -0.2) is 0 Å². The first-order valence-electron chi connectivity index (χ1n) is 7.01. The second-order valence-electron chi connectivity index (χ2n) is 4.63. The van der Waals surface area contributed by atoms with Gasteiger partial charge in [-0.2, -0.15) is 0 Å². The van der Waals surface area contributed by atoms with Crippen LogP contribution in [0.25, 0.3) is 0 Å². The molecule has 0 saturated heterocycles. The Labute approximate surface area is 101 Å². The van der Waals surface area contributed by atoms with Crippen LogP contribution in [0.2, 0.25) is 0 Å². The Morgan fingerprint density at radius 2 is 1.75 bits per heavy atom. The van der Waals surface area contributed by atoms with Crippen molar-refractivity contribution in [2.24, 2.45) is 5.92 Å². The van der Waals surface area contributed by atoms with E-state index in [2.05, 4.69) is 26.1 Å². The number of hydrogen-bond donors (Lipinski definition) is 1. The van der Waals surface area contributed by atoms with E-state index in [1.165, 1.54) is 32.1 Å². The average molecular weight is 227 g/mol. The smallest absolute Gasteiger partial charge is 0.220 e. The fourth-order valence-electron chi connectivity index (χ4n) is 1.90. The summed E-state index contributed by atoms with van der Waals surface area (Å²) in [5.74, 6) is 0.967. The van der Waals surface area contributed by atoms with E-state index in [0.717, 1.165) is 25.3 Å². The zero-order chi connectivity index (χ0) is 12.2. The molecule has 0 heterocycles. The highest BCUT2D eigenvalue weighted by Crippen LogP contribution is 2.14. The number of carbonyl (C=O) groups is 1. The zero-order valence-electron chi connectivity index (χ0n) is 11.3. The van der Waals surface area contributed by atoms with Crippen molar-refractivity contribution in [3.05, 3.63) is 0 Å². The third-order valence-electron chi connectivity index (χ3n) is 3.29. The highest BCUT2D eigenvalue weighted by molar-refractivity contribution is 5.75. The van der Waals surface area contributed by atoms with E-state index in [4.69, 9.17) is 0 Å². The molecule has 0 fully saturated rings. The van der Waals surface area contributed by atoms with Gasteiger partial charge in [-0.15, -0.1) is 0 Å². The van der Waals surface area contributed by atoms with Crippen molar-refractivity contribution in [3.8, 4) is 0 Å². The number of nitrogens with one attached hydrogen (secondary N) is 1. The highest BCUT2D eigenvalue weighted by atomic mass is 16.1. The molecule has 0 aliphatic carbocycles. The van der Waals surface area contributed by atoms with Crippen molar-refractivity contribution in [2.75, 3.05) is 6.54 Å². The van der Waals surface area contributed by atoms with E-state index in [0.29, 0.717) is 6.42 Å². The van der Waals surface area contributed by atoms with Gasteiger partial charge in [-0.05, 0) is 18.8 Å². The molecule has 0 bridgehead atoms. The number of rotatable bonds is 10. The fourth-order valence-corrected chi connectivity index (χ4v) is 1.90. The second-order valence-corrected chi connectivity index (χ2v) is 4.63. The maximum atomic E-state index is 11.5. The summed E-state index contributed by atoms with van der Waals surface area (Å²) in [6, 6.07) is 0. The molecular formula is C14H29NO. The number of unbranched alkanes of at least 4 members (excludes halogenated alkanes) is 3. The molecule has 0 rings (SSSR count). The molecule has 0 spiro atoms. The Balaban J connectivity index is 3.37. The van der Waals surface area contributed by atoms with E-state index in [1.807, 2.05) is 0 Å². The van der Waals surface area contributed by atoms with Gasteiger partial charge in [0.15, 0.2) is 0 Å². The monoisotopic (exact) mass is 227 g/mol. The highest BCUT2D eigenvalue weighted by Gasteiger charge is 2.06. The van der Waals surface area contributed by atoms with E-state index in [9.17, 15) is 4.79 Å². The average Bonchev–Trinajstić information content (AvgIpc) is 2.30. The molecule has 1 amide bonds. The summed E-state index contributed by atoms with van der Waals surface area (Å²) in [5, 5.41) is 3.01. The Morgan fingerprint density at radius 3 is 2.31 bits per heavy atom. The van der Waals surface area contributed by atoms with Gasteiger partial charge >= 0.3 is 0 Å². The fraction of sp³-hybridized carbons (Fsp3) is 0.929. The van der Waals surface area contributed by atoms with Crippen LogP contribution in [0.5, 0.6) is 0 Å². The van der Waals surface area contributed by atoms with Gasteiger partial charge in [0.25, 0.3) is 0 Å². The maximum Gasteiger partial charge on any atom is 0.220 e. The SMILES string of the molecule is CCCCCCNC(=O)CCC(CC)CC. The first-order chi connectivity index (χ1) is 7.74. The van der Waals surface area contributed by atoms with Gasteiger partial charge in [0.2, 0.25) is 5.91 Å². The Morgan fingerprint density at radius 1 is 1.06 bits per heavy atom. The van der Waals surface area contributed by atoms with Crippen LogP contribution < -0.4 is 5.32 Å². The summed E-state index contributed by atoms with van der Waals surface area (Å²) in [7, 11) is 0. The molecule has 0 aliphatic rings. The summed E-state index contributed by atoms with van der Waals surface area (Å²) in [6.07, 6.45) is 9.05. The predicted octanol–water partition coefficient (Wildman–Crippen LogP) is 3.90. The second kappa shape index (κ2) is 11.0. The van der Waals surface area contributed by atoms with Gasteiger partial charge in [-0.3, -0.25) is 4.79 Å². The minimum Gasteiger partial charge on any atom is -0.356 e. The summed E-state index contributed by atoms with van der Waals surface area (Å²) < 4.78 is 0. The van der Waals surface area contributed by atoms with Crippen LogP contribution in [0.4, 0.5) is 0 Å². The van der Waals surface area contributed by atoms with Crippen LogP contribution in [-0.2, 0) is 4.79 Å². The molecule has 0 atom stereocenters. The Hall–Kier alpha value is -0.530. The molecule has 1 N–H and O–H groups in total. The first kappa shape index (κ1) is 15.5. The summed E-state index contributed by atoms with van der Waals surface area (Å²) in [6.45, 7) is 7.48. The number of hydrogen-bond acceptors (Lipinski definition) is 1. The van der Waals surface area contributed by atoms with E-state index >= 15 is 0 Å². The zero-order valence-corrected chi connectivity index (χ0v) is 11.3. The molecule has 0 saturated carbocycles. The maximum absolute atomic E-state index is 11.5. The lowest BCUT2D eigenvalue weighted by Gasteiger charge is -2.11. The molecule has 2 heteroatoms.